The Morgan fingerprint density at radius 1 is 0.902 bits per heavy atom. The van der Waals surface area contributed by atoms with E-state index in [0.29, 0.717) is 35.7 Å². The van der Waals surface area contributed by atoms with Gasteiger partial charge in [0.2, 0.25) is 16.0 Å². The van der Waals surface area contributed by atoms with Gasteiger partial charge in [-0.25, -0.2) is 22.9 Å². The zero-order valence-electron chi connectivity index (χ0n) is 21.3. The first-order chi connectivity index (χ1) is 19.6. The molecule has 0 saturated heterocycles. The minimum Gasteiger partial charge on any atom is -0.369 e. The number of carbonyl (C=O) groups is 1. The normalized spacial score (nSPS) is 14.7. The van der Waals surface area contributed by atoms with Crippen molar-refractivity contribution in [2.75, 3.05) is 34.4 Å². The lowest BCUT2D eigenvalue weighted by atomic mass is 10.1. The third-order valence-electron chi connectivity index (χ3n) is 6.03. The number of amides is 2. The summed E-state index contributed by atoms with van der Waals surface area (Å²) in [6.07, 6.45) is -2.40. The van der Waals surface area contributed by atoms with Crippen LogP contribution in [0.25, 0.3) is 11.1 Å². The third kappa shape index (κ3) is 6.91. The molecule has 2 amide bonds. The summed E-state index contributed by atoms with van der Waals surface area (Å²) in [5.41, 5.74) is 1.46. The number of carbonyl (C=O) groups excluding carboxylic acids is 1. The summed E-state index contributed by atoms with van der Waals surface area (Å²) in [5, 5.41) is 11.2. The summed E-state index contributed by atoms with van der Waals surface area (Å²) in [4.78, 5) is 21.5. The average Bonchev–Trinajstić information content (AvgIpc) is 2.93. The van der Waals surface area contributed by atoms with E-state index in [2.05, 4.69) is 36.0 Å². The number of aromatic nitrogens is 2. The summed E-state index contributed by atoms with van der Waals surface area (Å²) in [7, 11) is -3.66. The van der Waals surface area contributed by atoms with Gasteiger partial charge in [-0.2, -0.15) is 18.2 Å². The average molecular weight is 584 g/mol. The zero-order chi connectivity index (χ0) is 29.0. The molecule has 0 atom stereocenters. The Morgan fingerprint density at radius 2 is 1.66 bits per heavy atom. The van der Waals surface area contributed by atoms with Crippen molar-refractivity contribution in [1.82, 2.24) is 14.7 Å². The number of benzene rings is 3. The third-order valence-corrected chi connectivity index (χ3v) is 7.49. The van der Waals surface area contributed by atoms with Crippen LogP contribution in [0.5, 0.6) is 0 Å². The highest BCUT2D eigenvalue weighted by molar-refractivity contribution is 7.89. The number of hydrogen-bond donors (Lipinski definition) is 5. The molecule has 5 N–H and O–H groups in total. The summed E-state index contributed by atoms with van der Waals surface area (Å²) in [6.45, 7) is 0.655. The van der Waals surface area contributed by atoms with Crippen LogP contribution in [0.15, 0.2) is 83.9 Å². The molecule has 10 nitrogen and oxygen atoms in total. The van der Waals surface area contributed by atoms with Gasteiger partial charge in [-0.05, 0) is 60.5 Å². The molecule has 14 heteroatoms. The molecule has 212 valence electrons. The smallest absolute Gasteiger partial charge is 0.369 e. The molecule has 1 aliphatic rings. The first kappa shape index (κ1) is 27.9. The van der Waals surface area contributed by atoms with Crippen LogP contribution in [0.1, 0.15) is 12.0 Å². The Morgan fingerprint density at radius 3 is 2.44 bits per heavy atom. The van der Waals surface area contributed by atoms with Crippen molar-refractivity contribution < 1.29 is 26.4 Å². The summed E-state index contributed by atoms with van der Waals surface area (Å²) in [6, 6.07) is 16.7. The Balaban J connectivity index is 1.32. The van der Waals surface area contributed by atoms with Crippen molar-refractivity contribution in [3.05, 3.63) is 84.6 Å². The van der Waals surface area contributed by atoms with E-state index < -0.39 is 27.8 Å². The molecule has 1 aliphatic heterocycles. The molecule has 4 bridgehead atoms. The number of fused-ring (bicyclic) bond motifs is 4. The molecule has 3 aromatic carbocycles. The van der Waals surface area contributed by atoms with Crippen LogP contribution in [0.3, 0.4) is 0 Å². The number of halogens is 3. The maximum Gasteiger partial charge on any atom is 0.416 e. The highest BCUT2D eigenvalue weighted by Crippen LogP contribution is 2.31. The van der Waals surface area contributed by atoms with Crippen LogP contribution in [-0.4, -0.2) is 37.5 Å². The van der Waals surface area contributed by atoms with E-state index in [9.17, 15) is 26.4 Å². The molecule has 4 aromatic rings. The van der Waals surface area contributed by atoms with Crippen LogP contribution in [0.4, 0.5) is 46.8 Å². The SMILES string of the molecule is O=C(Nc1ccc(-c2cnc3nc2NCCCNS(=O)(=O)c2cccc(c2)N3)cc1)Nc1cccc(C(F)(F)F)c1. The van der Waals surface area contributed by atoms with Crippen molar-refractivity contribution in [1.29, 1.82) is 0 Å². The van der Waals surface area contributed by atoms with Crippen LogP contribution in [0.2, 0.25) is 0 Å². The largest absolute Gasteiger partial charge is 0.416 e. The molecular weight excluding hydrogens is 559 g/mol. The fourth-order valence-electron chi connectivity index (χ4n) is 4.04. The molecule has 5 rings (SSSR count). The summed E-state index contributed by atoms with van der Waals surface area (Å²) >= 11 is 0. The maximum absolute atomic E-state index is 12.9. The summed E-state index contributed by atoms with van der Waals surface area (Å²) < 4.78 is 66.5. The second-order valence-corrected chi connectivity index (χ2v) is 10.8. The monoisotopic (exact) mass is 583 g/mol. The molecule has 0 unspecified atom stereocenters. The number of nitrogens with one attached hydrogen (secondary N) is 5. The van der Waals surface area contributed by atoms with E-state index in [0.717, 1.165) is 17.7 Å². The highest BCUT2D eigenvalue weighted by Gasteiger charge is 2.30. The molecule has 41 heavy (non-hydrogen) atoms. The first-order valence-electron chi connectivity index (χ1n) is 12.4. The molecule has 0 spiro atoms. The van der Waals surface area contributed by atoms with Crippen molar-refractivity contribution in [2.45, 2.75) is 17.5 Å². The van der Waals surface area contributed by atoms with Crippen molar-refractivity contribution >= 4 is 44.9 Å². The van der Waals surface area contributed by atoms with Crippen LogP contribution in [0, 0.1) is 0 Å². The number of anilines is 5. The van der Waals surface area contributed by atoms with Gasteiger partial charge in [-0.3, -0.25) is 0 Å². The highest BCUT2D eigenvalue weighted by atomic mass is 32.2. The molecular formula is C27H24F3N7O3S. The fraction of sp³-hybridized carbons (Fsp3) is 0.148. The van der Waals surface area contributed by atoms with Gasteiger partial charge in [0.05, 0.1) is 10.5 Å². The van der Waals surface area contributed by atoms with Crippen molar-refractivity contribution in [2.24, 2.45) is 0 Å². The van der Waals surface area contributed by atoms with Crippen molar-refractivity contribution in [3.63, 3.8) is 0 Å². The molecule has 0 aliphatic carbocycles. The van der Waals surface area contributed by atoms with Gasteiger partial charge in [-0.1, -0.05) is 24.3 Å². The fourth-order valence-corrected chi connectivity index (χ4v) is 5.16. The lowest BCUT2D eigenvalue weighted by Gasteiger charge is -2.14. The first-order valence-corrected chi connectivity index (χ1v) is 13.9. The van der Waals surface area contributed by atoms with Gasteiger partial charge < -0.3 is 21.3 Å². The maximum atomic E-state index is 12.9. The molecule has 0 saturated carbocycles. The molecule has 2 heterocycles. The Bertz CT molecular complexity index is 1680. The quantitative estimate of drug-likeness (QED) is 0.210. The number of alkyl halides is 3. The van der Waals surface area contributed by atoms with Crippen LogP contribution < -0.4 is 26.0 Å². The zero-order valence-corrected chi connectivity index (χ0v) is 22.1. The predicted molar refractivity (Wildman–Crippen MR) is 150 cm³/mol. The van der Waals surface area contributed by atoms with E-state index in [-0.39, 0.29) is 23.1 Å². The van der Waals surface area contributed by atoms with Gasteiger partial charge in [0.15, 0.2) is 0 Å². The van der Waals surface area contributed by atoms with Gasteiger partial charge in [0, 0.05) is 41.9 Å². The summed E-state index contributed by atoms with van der Waals surface area (Å²) in [5.74, 6) is 0.784. The standard InChI is InChI=1S/C27H24F3N7O3S/c28-27(29,30)18-4-1-5-20(14-18)36-26(38)35-19-10-8-17(9-11-19)23-16-32-25-34-21-6-2-7-22(15-21)41(39,40)33-13-3-12-31-24(23)37-25/h1-2,4-11,14-16,33H,3,12-13H2,(H2,35,36,38)(H2,31,32,34,37). The Hall–Kier alpha value is -4.69. The second-order valence-electron chi connectivity index (χ2n) is 9.02. The van der Waals surface area contributed by atoms with E-state index in [1.54, 1.807) is 42.6 Å². The Kier molecular flexibility index (Phi) is 7.77. The van der Waals surface area contributed by atoms with Crippen LogP contribution >= 0.6 is 0 Å². The molecule has 0 fully saturated rings. The van der Waals surface area contributed by atoms with Gasteiger partial charge in [0.25, 0.3) is 0 Å². The number of hydrogen-bond acceptors (Lipinski definition) is 7. The van der Waals surface area contributed by atoms with Gasteiger partial charge >= 0.3 is 12.2 Å². The lowest BCUT2D eigenvalue weighted by molar-refractivity contribution is -0.137. The molecule has 1 aromatic heterocycles. The van der Waals surface area contributed by atoms with E-state index in [1.807, 2.05) is 0 Å². The minimum atomic E-state index is -4.52. The van der Waals surface area contributed by atoms with E-state index >= 15 is 0 Å². The minimum absolute atomic E-state index is 0.00500. The topological polar surface area (TPSA) is 137 Å². The number of urea groups is 1. The lowest BCUT2D eigenvalue weighted by Crippen LogP contribution is -2.26. The second kappa shape index (κ2) is 11.4. The van der Waals surface area contributed by atoms with E-state index in [4.69, 9.17) is 0 Å². The van der Waals surface area contributed by atoms with Crippen molar-refractivity contribution in [3.8, 4) is 11.1 Å². The number of sulfonamides is 1. The van der Waals surface area contributed by atoms with Gasteiger partial charge in [-0.15, -0.1) is 0 Å². The number of rotatable bonds is 3. The van der Waals surface area contributed by atoms with E-state index in [1.165, 1.54) is 24.3 Å². The molecule has 0 radical (unpaired) electrons. The Labute approximate surface area is 233 Å². The number of nitrogens with zero attached hydrogens (tertiary/aromatic N) is 2. The van der Waals surface area contributed by atoms with Gasteiger partial charge in [0.1, 0.15) is 5.82 Å². The van der Waals surface area contributed by atoms with Crippen LogP contribution in [-0.2, 0) is 16.2 Å². The predicted octanol–water partition coefficient (Wildman–Crippen LogP) is 5.64.